The number of rotatable bonds is 5. The first kappa shape index (κ1) is 15.0. The number of hydrogen-bond donors (Lipinski definition) is 1. The van der Waals surface area contributed by atoms with Crippen molar-refractivity contribution in [3.63, 3.8) is 0 Å². The lowest BCUT2D eigenvalue weighted by molar-refractivity contribution is 0.0500. The molecule has 102 valence electrons. The van der Waals surface area contributed by atoms with Crippen LogP contribution in [0.2, 0.25) is 0 Å². The van der Waals surface area contributed by atoms with Gasteiger partial charge in [0, 0.05) is 18.1 Å². The third-order valence-corrected chi connectivity index (χ3v) is 5.16. The molecule has 1 rings (SSSR count). The van der Waals surface area contributed by atoms with Crippen molar-refractivity contribution in [2.24, 2.45) is 17.6 Å². The van der Waals surface area contributed by atoms with Gasteiger partial charge in [0.15, 0.2) is 0 Å². The van der Waals surface area contributed by atoms with E-state index >= 15 is 0 Å². The van der Waals surface area contributed by atoms with Crippen molar-refractivity contribution in [1.82, 2.24) is 4.90 Å². The van der Waals surface area contributed by atoms with Crippen molar-refractivity contribution in [3.05, 3.63) is 0 Å². The molecule has 0 saturated heterocycles. The molecule has 0 aromatic rings. The molecule has 0 heterocycles. The van der Waals surface area contributed by atoms with E-state index in [-0.39, 0.29) is 5.54 Å². The summed E-state index contributed by atoms with van der Waals surface area (Å²) in [7, 11) is 2.26. The predicted molar refractivity (Wildman–Crippen MR) is 76.1 cm³/mol. The van der Waals surface area contributed by atoms with Crippen molar-refractivity contribution in [2.75, 3.05) is 13.6 Å². The quantitative estimate of drug-likeness (QED) is 0.799. The Kier molecular flexibility index (Phi) is 5.46. The molecule has 2 nitrogen and oxygen atoms in total. The summed E-state index contributed by atoms with van der Waals surface area (Å²) in [6, 6.07) is 0.567. The molecule has 1 saturated carbocycles. The molecule has 1 aliphatic carbocycles. The Morgan fingerprint density at radius 2 is 1.76 bits per heavy atom. The van der Waals surface area contributed by atoms with E-state index < -0.39 is 0 Å². The van der Waals surface area contributed by atoms with Gasteiger partial charge in [-0.1, -0.05) is 26.7 Å². The van der Waals surface area contributed by atoms with Gasteiger partial charge in [-0.05, 0) is 52.0 Å². The Hall–Kier alpha value is -0.0800. The SMILES string of the molecule is CCC(C)(C)N(C)C(CN)C1CCC(C)CC1. The topological polar surface area (TPSA) is 29.3 Å². The Morgan fingerprint density at radius 3 is 2.18 bits per heavy atom. The van der Waals surface area contributed by atoms with E-state index in [0.29, 0.717) is 6.04 Å². The molecule has 0 aromatic carbocycles. The molecule has 0 radical (unpaired) electrons. The summed E-state index contributed by atoms with van der Waals surface area (Å²) in [6.07, 6.45) is 6.70. The van der Waals surface area contributed by atoms with Gasteiger partial charge in [0.25, 0.3) is 0 Å². The minimum Gasteiger partial charge on any atom is -0.329 e. The van der Waals surface area contributed by atoms with Crippen LogP contribution in [0.5, 0.6) is 0 Å². The Morgan fingerprint density at radius 1 is 1.24 bits per heavy atom. The monoisotopic (exact) mass is 240 g/mol. The fourth-order valence-electron chi connectivity index (χ4n) is 3.04. The fraction of sp³-hybridized carbons (Fsp3) is 1.00. The van der Waals surface area contributed by atoms with Crippen LogP contribution in [-0.2, 0) is 0 Å². The minimum absolute atomic E-state index is 0.271. The highest BCUT2D eigenvalue weighted by Gasteiger charge is 2.33. The Labute approximate surface area is 108 Å². The minimum atomic E-state index is 0.271. The van der Waals surface area contributed by atoms with Crippen LogP contribution in [-0.4, -0.2) is 30.1 Å². The highest BCUT2D eigenvalue weighted by atomic mass is 15.2. The maximum absolute atomic E-state index is 6.05. The molecular formula is C15H32N2. The summed E-state index contributed by atoms with van der Waals surface area (Å²) in [5.74, 6) is 1.74. The first-order valence-electron chi connectivity index (χ1n) is 7.35. The molecule has 2 heteroatoms. The number of nitrogens with two attached hydrogens (primary N) is 1. The summed E-state index contributed by atoms with van der Waals surface area (Å²) >= 11 is 0. The predicted octanol–water partition coefficient (Wildman–Crippen LogP) is 3.26. The van der Waals surface area contributed by atoms with Crippen LogP contribution in [0.1, 0.15) is 59.8 Å². The first-order valence-corrected chi connectivity index (χ1v) is 7.35. The second kappa shape index (κ2) is 6.19. The van der Waals surface area contributed by atoms with Gasteiger partial charge in [-0.2, -0.15) is 0 Å². The smallest absolute Gasteiger partial charge is 0.0248 e. The lowest BCUT2D eigenvalue weighted by atomic mass is 9.78. The summed E-state index contributed by atoms with van der Waals surface area (Å²) < 4.78 is 0. The largest absolute Gasteiger partial charge is 0.329 e. The van der Waals surface area contributed by atoms with E-state index in [1.807, 2.05) is 0 Å². The lowest BCUT2D eigenvalue weighted by Crippen LogP contribution is -2.53. The summed E-state index contributed by atoms with van der Waals surface area (Å²) in [5, 5.41) is 0. The van der Waals surface area contributed by atoms with E-state index in [9.17, 15) is 0 Å². The van der Waals surface area contributed by atoms with Crippen LogP contribution in [0.25, 0.3) is 0 Å². The van der Waals surface area contributed by atoms with Crippen LogP contribution >= 0.6 is 0 Å². The van der Waals surface area contributed by atoms with Gasteiger partial charge >= 0.3 is 0 Å². The average molecular weight is 240 g/mol. The molecule has 1 unspecified atom stereocenters. The maximum Gasteiger partial charge on any atom is 0.0248 e. The molecule has 0 aromatic heterocycles. The molecule has 17 heavy (non-hydrogen) atoms. The first-order chi connectivity index (χ1) is 7.92. The van der Waals surface area contributed by atoms with Crippen molar-refractivity contribution in [2.45, 2.75) is 71.4 Å². The maximum atomic E-state index is 6.05. The lowest BCUT2D eigenvalue weighted by Gasteiger charge is -2.45. The van der Waals surface area contributed by atoms with Crippen LogP contribution in [0.4, 0.5) is 0 Å². The number of hydrogen-bond acceptors (Lipinski definition) is 2. The van der Waals surface area contributed by atoms with Gasteiger partial charge in [-0.25, -0.2) is 0 Å². The zero-order valence-electron chi connectivity index (χ0n) is 12.5. The average Bonchev–Trinajstić information content (AvgIpc) is 2.32. The third-order valence-electron chi connectivity index (χ3n) is 5.16. The second-order valence-electron chi connectivity index (χ2n) is 6.60. The normalized spacial score (nSPS) is 28.4. The molecule has 0 aliphatic heterocycles. The standard InChI is InChI=1S/C15H32N2/c1-6-15(3,4)17(5)14(11-16)13-9-7-12(2)8-10-13/h12-14H,6-11,16H2,1-5H3. The van der Waals surface area contributed by atoms with E-state index in [1.165, 1.54) is 32.1 Å². The van der Waals surface area contributed by atoms with E-state index in [0.717, 1.165) is 18.4 Å². The van der Waals surface area contributed by atoms with Crippen LogP contribution in [0, 0.1) is 11.8 Å². The number of nitrogens with zero attached hydrogens (tertiary/aromatic N) is 1. The van der Waals surface area contributed by atoms with E-state index in [4.69, 9.17) is 5.73 Å². The highest BCUT2D eigenvalue weighted by Crippen LogP contribution is 2.34. The second-order valence-corrected chi connectivity index (χ2v) is 6.60. The summed E-state index contributed by atoms with van der Waals surface area (Å²) in [6.45, 7) is 10.1. The Bertz CT molecular complexity index is 217. The van der Waals surface area contributed by atoms with Crippen molar-refractivity contribution >= 4 is 0 Å². The van der Waals surface area contributed by atoms with Crippen molar-refractivity contribution < 1.29 is 0 Å². The van der Waals surface area contributed by atoms with Gasteiger partial charge in [0.2, 0.25) is 0 Å². The molecule has 0 spiro atoms. The number of likely N-dealkylation sites (N-methyl/N-ethyl adjacent to an activating group) is 1. The highest BCUT2D eigenvalue weighted by molar-refractivity contribution is 4.89. The molecule has 1 aliphatic rings. The zero-order valence-corrected chi connectivity index (χ0v) is 12.5. The molecule has 1 atom stereocenters. The Balaban J connectivity index is 2.64. The summed E-state index contributed by atoms with van der Waals surface area (Å²) in [4.78, 5) is 2.54. The fourth-order valence-corrected chi connectivity index (χ4v) is 3.04. The van der Waals surface area contributed by atoms with Crippen LogP contribution < -0.4 is 5.73 Å². The van der Waals surface area contributed by atoms with Gasteiger partial charge < -0.3 is 5.73 Å². The van der Waals surface area contributed by atoms with Gasteiger partial charge in [0.1, 0.15) is 0 Å². The third kappa shape index (κ3) is 3.69. The van der Waals surface area contributed by atoms with Gasteiger partial charge in [0.05, 0.1) is 0 Å². The molecule has 1 fully saturated rings. The van der Waals surface area contributed by atoms with Gasteiger partial charge in [-0.15, -0.1) is 0 Å². The van der Waals surface area contributed by atoms with Crippen molar-refractivity contribution in [3.8, 4) is 0 Å². The van der Waals surface area contributed by atoms with Crippen molar-refractivity contribution in [1.29, 1.82) is 0 Å². The molecule has 0 amide bonds. The molecule has 2 N–H and O–H groups in total. The van der Waals surface area contributed by atoms with E-state index in [2.05, 4.69) is 39.6 Å². The van der Waals surface area contributed by atoms with Crippen LogP contribution in [0.3, 0.4) is 0 Å². The summed E-state index contributed by atoms with van der Waals surface area (Å²) in [5.41, 5.74) is 6.32. The molecular weight excluding hydrogens is 208 g/mol. The van der Waals surface area contributed by atoms with Gasteiger partial charge in [-0.3, -0.25) is 4.90 Å². The van der Waals surface area contributed by atoms with Crippen LogP contribution in [0.15, 0.2) is 0 Å². The van der Waals surface area contributed by atoms with E-state index in [1.54, 1.807) is 0 Å². The molecule has 0 bridgehead atoms. The zero-order chi connectivity index (χ0) is 13.1.